The number of rotatable bonds is 5. The van der Waals surface area contributed by atoms with Gasteiger partial charge in [-0.05, 0) is 32.9 Å². The van der Waals surface area contributed by atoms with Gasteiger partial charge in [-0.25, -0.2) is 0 Å². The lowest BCUT2D eigenvalue weighted by Crippen LogP contribution is -2.40. The summed E-state index contributed by atoms with van der Waals surface area (Å²) in [7, 11) is 2.07. The van der Waals surface area contributed by atoms with Crippen molar-refractivity contribution in [3.05, 3.63) is 0 Å². The van der Waals surface area contributed by atoms with E-state index >= 15 is 0 Å². The Labute approximate surface area is 97.8 Å². The number of nitrogens with zero attached hydrogens (tertiary/aromatic N) is 1. The summed E-state index contributed by atoms with van der Waals surface area (Å²) in [6, 6.07) is 1.06. The number of fused-ring (bicyclic) bond motifs is 2. The highest BCUT2D eigenvalue weighted by atomic mass is 16.1. The van der Waals surface area contributed by atoms with E-state index in [2.05, 4.69) is 29.5 Å². The molecule has 1 amide bonds. The highest BCUT2D eigenvalue weighted by molar-refractivity contribution is 5.80. The molecule has 0 aromatic rings. The van der Waals surface area contributed by atoms with Gasteiger partial charge in [0.05, 0.1) is 5.92 Å². The Bertz CT molecular complexity index is 257. The van der Waals surface area contributed by atoms with E-state index < -0.39 is 0 Å². The summed E-state index contributed by atoms with van der Waals surface area (Å²) in [4.78, 5) is 14.1. The Morgan fingerprint density at radius 3 is 2.88 bits per heavy atom. The Balaban J connectivity index is 1.68. The highest BCUT2D eigenvalue weighted by Gasteiger charge is 2.42. The number of hydrogen-bond donors (Lipinski definition) is 2. The van der Waals surface area contributed by atoms with Crippen molar-refractivity contribution >= 4 is 5.91 Å². The van der Waals surface area contributed by atoms with E-state index in [9.17, 15) is 4.79 Å². The van der Waals surface area contributed by atoms with Gasteiger partial charge in [0.25, 0.3) is 0 Å². The summed E-state index contributed by atoms with van der Waals surface area (Å²) in [5, 5.41) is 6.55. The molecule has 4 nitrogen and oxygen atoms in total. The highest BCUT2D eigenvalue weighted by Crippen LogP contribution is 2.33. The largest absolute Gasteiger partial charge is 0.355 e. The van der Waals surface area contributed by atoms with Gasteiger partial charge in [0.15, 0.2) is 0 Å². The molecule has 92 valence electrons. The van der Waals surface area contributed by atoms with E-state index in [4.69, 9.17) is 0 Å². The van der Waals surface area contributed by atoms with Crippen LogP contribution in [0.3, 0.4) is 0 Å². The van der Waals surface area contributed by atoms with Crippen molar-refractivity contribution in [2.24, 2.45) is 5.92 Å². The third-order valence-electron chi connectivity index (χ3n) is 3.97. The molecule has 2 saturated heterocycles. The zero-order valence-electron chi connectivity index (χ0n) is 10.3. The van der Waals surface area contributed by atoms with Crippen molar-refractivity contribution in [1.82, 2.24) is 15.5 Å². The first-order valence-corrected chi connectivity index (χ1v) is 6.43. The number of amides is 1. The van der Waals surface area contributed by atoms with Gasteiger partial charge in [0.2, 0.25) is 5.91 Å². The fourth-order valence-electron chi connectivity index (χ4n) is 2.77. The zero-order valence-corrected chi connectivity index (χ0v) is 10.3. The lowest BCUT2D eigenvalue weighted by atomic mass is 9.88. The first kappa shape index (κ1) is 11.9. The molecule has 0 saturated carbocycles. The SMILES string of the molecule is CCN(C)CCNC(=O)C1CC2CCC1N2. The minimum Gasteiger partial charge on any atom is -0.355 e. The van der Waals surface area contributed by atoms with Crippen LogP contribution >= 0.6 is 0 Å². The van der Waals surface area contributed by atoms with Crippen LogP contribution in [0.25, 0.3) is 0 Å². The Kier molecular flexibility index (Phi) is 3.82. The van der Waals surface area contributed by atoms with E-state index in [0.29, 0.717) is 12.1 Å². The molecule has 2 bridgehead atoms. The van der Waals surface area contributed by atoms with Crippen LogP contribution in [-0.2, 0) is 4.79 Å². The number of carbonyl (C=O) groups excluding carboxylic acids is 1. The second-order valence-electron chi connectivity index (χ2n) is 5.08. The van der Waals surface area contributed by atoms with Crippen molar-refractivity contribution in [3.8, 4) is 0 Å². The molecule has 16 heavy (non-hydrogen) atoms. The van der Waals surface area contributed by atoms with Gasteiger partial charge in [-0.1, -0.05) is 6.92 Å². The molecule has 0 aromatic heterocycles. The summed E-state index contributed by atoms with van der Waals surface area (Å²) in [5.74, 6) is 0.481. The third kappa shape index (κ3) is 2.55. The van der Waals surface area contributed by atoms with Crippen molar-refractivity contribution in [2.45, 2.75) is 38.3 Å². The number of hydrogen-bond acceptors (Lipinski definition) is 3. The average Bonchev–Trinajstić information content (AvgIpc) is 2.90. The van der Waals surface area contributed by atoms with Crippen LogP contribution in [0, 0.1) is 5.92 Å². The van der Waals surface area contributed by atoms with Crippen LogP contribution in [-0.4, -0.2) is 49.6 Å². The fourth-order valence-corrected chi connectivity index (χ4v) is 2.77. The van der Waals surface area contributed by atoms with Gasteiger partial charge in [-0.2, -0.15) is 0 Å². The zero-order chi connectivity index (χ0) is 11.5. The van der Waals surface area contributed by atoms with Crippen LogP contribution in [0.1, 0.15) is 26.2 Å². The molecule has 2 heterocycles. The minimum absolute atomic E-state index is 0.227. The van der Waals surface area contributed by atoms with Crippen molar-refractivity contribution in [3.63, 3.8) is 0 Å². The average molecular weight is 225 g/mol. The third-order valence-corrected chi connectivity index (χ3v) is 3.97. The first-order valence-electron chi connectivity index (χ1n) is 6.43. The lowest BCUT2D eigenvalue weighted by molar-refractivity contribution is -0.125. The molecule has 3 atom stereocenters. The maximum absolute atomic E-state index is 11.9. The van der Waals surface area contributed by atoms with Crippen molar-refractivity contribution < 1.29 is 4.79 Å². The predicted octanol–water partition coefficient (Wildman–Crippen LogP) is 0.195. The monoisotopic (exact) mass is 225 g/mol. The molecule has 0 aliphatic carbocycles. The molecular formula is C12H23N3O. The molecule has 2 fully saturated rings. The van der Waals surface area contributed by atoms with E-state index in [0.717, 1.165) is 26.1 Å². The quantitative estimate of drug-likeness (QED) is 0.702. The first-order chi connectivity index (χ1) is 7.70. The maximum Gasteiger partial charge on any atom is 0.224 e. The van der Waals surface area contributed by atoms with E-state index in [1.165, 1.54) is 12.8 Å². The lowest BCUT2D eigenvalue weighted by Gasteiger charge is -2.20. The van der Waals surface area contributed by atoms with Crippen LogP contribution < -0.4 is 10.6 Å². The fraction of sp³-hybridized carbons (Fsp3) is 0.917. The summed E-state index contributed by atoms with van der Waals surface area (Å²) in [6.45, 7) is 4.88. The molecule has 0 radical (unpaired) electrons. The molecule has 2 rings (SSSR count). The molecule has 4 heteroatoms. The Morgan fingerprint density at radius 1 is 1.50 bits per heavy atom. The Morgan fingerprint density at radius 2 is 2.31 bits per heavy atom. The molecule has 2 aliphatic rings. The molecule has 2 aliphatic heterocycles. The van der Waals surface area contributed by atoms with Gasteiger partial charge in [-0.3, -0.25) is 4.79 Å². The van der Waals surface area contributed by atoms with E-state index in [1.54, 1.807) is 0 Å². The summed E-state index contributed by atoms with van der Waals surface area (Å²) in [5.41, 5.74) is 0. The van der Waals surface area contributed by atoms with Crippen LogP contribution in [0.4, 0.5) is 0 Å². The van der Waals surface area contributed by atoms with E-state index in [-0.39, 0.29) is 11.8 Å². The molecule has 3 unspecified atom stereocenters. The van der Waals surface area contributed by atoms with Crippen LogP contribution in [0.15, 0.2) is 0 Å². The molecule has 2 N–H and O–H groups in total. The van der Waals surface area contributed by atoms with Crippen molar-refractivity contribution in [1.29, 1.82) is 0 Å². The number of likely N-dealkylation sites (N-methyl/N-ethyl adjacent to an activating group) is 1. The van der Waals surface area contributed by atoms with Gasteiger partial charge in [0.1, 0.15) is 0 Å². The molecule has 0 spiro atoms. The standard InChI is InChI=1S/C12H23N3O/c1-3-15(2)7-6-13-12(16)10-8-9-4-5-11(10)14-9/h9-11,14H,3-8H2,1-2H3,(H,13,16). The van der Waals surface area contributed by atoms with Crippen LogP contribution in [0.2, 0.25) is 0 Å². The van der Waals surface area contributed by atoms with Crippen LogP contribution in [0.5, 0.6) is 0 Å². The normalized spacial score (nSPS) is 32.3. The summed E-state index contributed by atoms with van der Waals surface area (Å²) < 4.78 is 0. The van der Waals surface area contributed by atoms with Crippen molar-refractivity contribution in [2.75, 3.05) is 26.7 Å². The van der Waals surface area contributed by atoms with Gasteiger partial charge >= 0.3 is 0 Å². The number of carbonyl (C=O) groups is 1. The Hall–Kier alpha value is -0.610. The summed E-state index contributed by atoms with van der Waals surface area (Å²) in [6.07, 6.45) is 3.48. The van der Waals surface area contributed by atoms with Gasteiger partial charge in [0, 0.05) is 25.2 Å². The minimum atomic E-state index is 0.227. The second kappa shape index (κ2) is 5.15. The molecular weight excluding hydrogens is 202 g/mol. The molecule has 0 aromatic carbocycles. The topological polar surface area (TPSA) is 44.4 Å². The van der Waals surface area contributed by atoms with Gasteiger partial charge < -0.3 is 15.5 Å². The maximum atomic E-state index is 11.9. The van der Waals surface area contributed by atoms with E-state index in [1.807, 2.05) is 0 Å². The smallest absolute Gasteiger partial charge is 0.224 e. The number of nitrogens with one attached hydrogen (secondary N) is 2. The summed E-state index contributed by atoms with van der Waals surface area (Å²) >= 11 is 0. The van der Waals surface area contributed by atoms with Gasteiger partial charge in [-0.15, -0.1) is 0 Å². The second-order valence-corrected chi connectivity index (χ2v) is 5.08. The predicted molar refractivity (Wildman–Crippen MR) is 64.2 cm³/mol.